The predicted molar refractivity (Wildman–Crippen MR) is 204 cm³/mol. The van der Waals surface area contributed by atoms with E-state index in [-0.39, 0.29) is 5.91 Å². The number of carbonyl (C=O) groups is 1. The number of amides is 1. The van der Waals surface area contributed by atoms with Gasteiger partial charge < -0.3 is 19.3 Å². The molecule has 6 nitrogen and oxygen atoms in total. The summed E-state index contributed by atoms with van der Waals surface area (Å²) in [7, 11) is -0.738. The number of ether oxygens (including phenoxy) is 2. The molecule has 0 N–H and O–H groups in total. The number of para-hydroxylation sites is 7. The molecule has 3 aliphatic heterocycles. The molecule has 0 saturated carbocycles. The Kier molecular flexibility index (Phi) is 6.51. The molecule has 1 unspecified atom stereocenters. The van der Waals surface area contributed by atoms with Crippen LogP contribution < -0.4 is 23.6 Å². The van der Waals surface area contributed by atoms with Crippen LogP contribution >= 0.6 is 10.7 Å². The minimum atomic E-state index is -0.738. The summed E-state index contributed by atoms with van der Waals surface area (Å²) in [5.74, 6) is 3.23. The van der Waals surface area contributed by atoms with E-state index in [0.29, 0.717) is 5.56 Å². The Bertz CT molecular complexity index is 2460. The summed E-state index contributed by atoms with van der Waals surface area (Å²) >= 11 is 0. The Morgan fingerprint density at radius 3 is 1.92 bits per heavy atom. The highest BCUT2D eigenvalue weighted by Gasteiger charge is 2.39. The number of rotatable bonds is 3. The van der Waals surface area contributed by atoms with E-state index in [2.05, 4.69) is 82.8 Å². The SMILES string of the molecule is C/C=S1/c2c(N3C4=C(CCC=C4)Oc4ccccc43)ccc3ccc(N4c5ccccc5Oc5ccccc54)c(c23)C(=O)N1c1ccccc1. The van der Waals surface area contributed by atoms with Crippen LogP contribution in [0.3, 0.4) is 0 Å². The standard InChI is InChI=1S/C43H31N3O3S/c1-2-50-42-35(45-32-18-8-12-22-38(32)49-39-23-13-9-19-33(39)45)27-25-28-24-26-34(41(40(28)42)43(47)46(50)29-14-4-3-5-15-29)44-30-16-6-10-20-36(30)48-37-21-11-7-17-31(37)44/h2-12,14-22,24-27H,13,23H2,1H3. The molecule has 1 atom stereocenters. The van der Waals surface area contributed by atoms with Crippen molar-refractivity contribution < 1.29 is 14.3 Å². The lowest BCUT2D eigenvalue weighted by molar-refractivity contribution is 0.101. The van der Waals surface area contributed by atoms with Gasteiger partial charge >= 0.3 is 0 Å². The van der Waals surface area contributed by atoms with E-state index in [0.717, 1.165) is 91.3 Å². The van der Waals surface area contributed by atoms with Crippen LogP contribution in [-0.4, -0.2) is 11.3 Å². The smallest absolute Gasteiger partial charge is 0.271 e. The molecule has 7 heteroatoms. The van der Waals surface area contributed by atoms with Crippen molar-refractivity contribution in [2.45, 2.75) is 24.7 Å². The fourth-order valence-electron chi connectivity index (χ4n) is 7.60. The molecule has 6 aromatic rings. The second kappa shape index (κ2) is 11.3. The van der Waals surface area contributed by atoms with Crippen LogP contribution in [0.5, 0.6) is 17.2 Å². The van der Waals surface area contributed by atoms with Gasteiger partial charge in [-0.05, 0) is 90.8 Å². The first-order valence-electron chi connectivity index (χ1n) is 16.9. The van der Waals surface area contributed by atoms with Gasteiger partial charge in [-0.2, -0.15) is 0 Å². The number of hydrogen-bond donors (Lipinski definition) is 0. The molecule has 0 bridgehead atoms. The van der Waals surface area contributed by atoms with Crippen molar-refractivity contribution in [3.8, 4) is 17.2 Å². The highest BCUT2D eigenvalue weighted by molar-refractivity contribution is 8.17. The van der Waals surface area contributed by atoms with Crippen LogP contribution in [0, 0.1) is 0 Å². The maximum Gasteiger partial charge on any atom is 0.271 e. The van der Waals surface area contributed by atoms with E-state index in [1.807, 2.05) is 83.2 Å². The lowest BCUT2D eigenvalue weighted by atomic mass is 9.97. The summed E-state index contributed by atoms with van der Waals surface area (Å²) in [6, 6.07) is 43.0. The number of benzene rings is 6. The van der Waals surface area contributed by atoms with E-state index in [1.54, 1.807) is 0 Å². The zero-order valence-electron chi connectivity index (χ0n) is 27.2. The molecule has 4 aliphatic rings. The number of anilines is 6. The number of hydrogen-bond acceptors (Lipinski definition) is 5. The quantitative estimate of drug-likeness (QED) is 0.175. The molecule has 10 rings (SSSR count). The summed E-state index contributed by atoms with van der Waals surface area (Å²) in [6.45, 7) is 2.07. The van der Waals surface area contributed by atoms with Gasteiger partial charge in [-0.3, -0.25) is 9.10 Å². The lowest BCUT2D eigenvalue weighted by Gasteiger charge is -2.41. The molecule has 1 amide bonds. The van der Waals surface area contributed by atoms with Gasteiger partial charge in [0.05, 0.1) is 50.3 Å². The molecular formula is C43H31N3O3S. The molecule has 1 aliphatic carbocycles. The van der Waals surface area contributed by atoms with Crippen molar-refractivity contribution in [1.82, 2.24) is 0 Å². The monoisotopic (exact) mass is 669 g/mol. The average Bonchev–Trinajstić information content (AvgIpc) is 3.17. The zero-order chi connectivity index (χ0) is 33.3. The maximum absolute atomic E-state index is 15.4. The summed E-state index contributed by atoms with van der Waals surface area (Å²) < 4.78 is 14.9. The van der Waals surface area contributed by atoms with Gasteiger partial charge in [0.15, 0.2) is 17.2 Å². The Morgan fingerprint density at radius 1 is 0.640 bits per heavy atom. The van der Waals surface area contributed by atoms with Crippen LogP contribution in [0.2, 0.25) is 0 Å². The van der Waals surface area contributed by atoms with Crippen molar-refractivity contribution in [3.05, 3.63) is 157 Å². The minimum Gasteiger partial charge on any atom is -0.457 e. The van der Waals surface area contributed by atoms with E-state index in [9.17, 15) is 0 Å². The lowest BCUT2D eigenvalue weighted by Crippen LogP contribution is -2.33. The van der Waals surface area contributed by atoms with Crippen LogP contribution in [0.1, 0.15) is 30.1 Å². The highest BCUT2D eigenvalue weighted by Crippen LogP contribution is 2.58. The number of carbonyl (C=O) groups excluding carboxylic acids is 1. The van der Waals surface area contributed by atoms with Crippen molar-refractivity contribution in [1.29, 1.82) is 0 Å². The first kappa shape index (κ1) is 28.9. The summed E-state index contributed by atoms with van der Waals surface area (Å²) in [5, 5.41) is 4.16. The zero-order valence-corrected chi connectivity index (χ0v) is 28.1. The first-order valence-corrected chi connectivity index (χ1v) is 18.1. The number of nitrogens with zero attached hydrogens (tertiary/aromatic N) is 3. The molecule has 0 fully saturated rings. The minimum absolute atomic E-state index is 0.0378. The molecule has 0 radical (unpaired) electrons. The van der Waals surface area contributed by atoms with E-state index in [4.69, 9.17) is 9.47 Å². The van der Waals surface area contributed by atoms with Crippen molar-refractivity contribution in [2.24, 2.45) is 0 Å². The van der Waals surface area contributed by atoms with Gasteiger partial charge in [0.1, 0.15) is 5.76 Å². The Hall–Kier alpha value is -6.05. The van der Waals surface area contributed by atoms with Crippen LogP contribution in [-0.2, 0) is 0 Å². The van der Waals surface area contributed by atoms with E-state index >= 15 is 4.79 Å². The summed E-state index contributed by atoms with van der Waals surface area (Å²) in [4.78, 5) is 21.0. The van der Waals surface area contributed by atoms with Gasteiger partial charge in [0.25, 0.3) is 5.91 Å². The second-order valence-corrected chi connectivity index (χ2v) is 14.4. The van der Waals surface area contributed by atoms with Gasteiger partial charge in [-0.15, -0.1) is 0 Å². The number of fused-ring (bicyclic) bond motifs is 3. The second-order valence-electron chi connectivity index (χ2n) is 12.5. The Balaban J connectivity index is 1.32. The van der Waals surface area contributed by atoms with Gasteiger partial charge in [-0.25, -0.2) is 0 Å². The molecule has 50 heavy (non-hydrogen) atoms. The molecule has 3 heterocycles. The van der Waals surface area contributed by atoms with Gasteiger partial charge in [0, 0.05) is 11.8 Å². The maximum atomic E-state index is 15.4. The fraction of sp³-hybridized carbons (Fsp3) is 0.0698. The molecule has 0 aromatic heterocycles. The highest BCUT2D eigenvalue weighted by atomic mass is 32.2. The fourth-order valence-corrected chi connectivity index (χ4v) is 9.65. The molecule has 242 valence electrons. The van der Waals surface area contributed by atoms with Crippen molar-refractivity contribution >= 4 is 66.8 Å². The molecule has 0 saturated heterocycles. The van der Waals surface area contributed by atoms with Crippen LogP contribution in [0.25, 0.3) is 10.8 Å². The van der Waals surface area contributed by atoms with E-state index in [1.165, 1.54) is 0 Å². The third-order valence-corrected chi connectivity index (χ3v) is 11.8. The summed E-state index contributed by atoms with van der Waals surface area (Å²) in [6.07, 6.45) is 6.16. The molecular weight excluding hydrogens is 639 g/mol. The predicted octanol–water partition coefficient (Wildman–Crippen LogP) is 11.5. The Morgan fingerprint density at radius 2 is 1.24 bits per heavy atom. The first-order chi connectivity index (χ1) is 24.7. The van der Waals surface area contributed by atoms with Gasteiger partial charge in [-0.1, -0.05) is 83.5 Å². The number of allylic oxidation sites excluding steroid dienone is 3. The third kappa shape index (κ3) is 4.17. The van der Waals surface area contributed by atoms with Crippen LogP contribution in [0.15, 0.2) is 156 Å². The van der Waals surface area contributed by atoms with Crippen LogP contribution in [0.4, 0.5) is 34.1 Å². The topological polar surface area (TPSA) is 45.3 Å². The normalized spacial score (nSPS) is 17.2. The van der Waals surface area contributed by atoms with E-state index < -0.39 is 10.7 Å². The average molecular weight is 670 g/mol. The summed E-state index contributed by atoms with van der Waals surface area (Å²) in [5.41, 5.74) is 7.13. The largest absolute Gasteiger partial charge is 0.457 e. The Labute approximate surface area is 292 Å². The molecule has 0 spiro atoms. The van der Waals surface area contributed by atoms with Crippen molar-refractivity contribution in [3.63, 3.8) is 0 Å². The van der Waals surface area contributed by atoms with Crippen molar-refractivity contribution in [2.75, 3.05) is 14.1 Å². The van der Waals surface area contributed by atoms with Gasteiger partial charge in [0.2, 0.25) is 0 Å². The third-order valence-electron chi connectivity index (χ3n) is 9.71. The molecule has 6 aromatic carbocycles.